The Labute approximate surface area is 126 Å². The molecular weight excluding hydrogens is 288 g/mol. The fourth-order valence-corrected chi connectivity index (χ4v) is 2.01. The summed E-state index contributed by atoms with van der Waals surface area (Å²) in [5.41, 5.74) is 0.566. The van der Waals surface area contributed by atoms with Crippen molar-refractivity contribution in [2.75, 3.05) is 14.2 Å². The van der Waals surface area contributed by atoms with Crippen LogP contribution < -0.4 is 9.47 Å². The molecule has 2 rings (SSSR count). The molecule has 1 aromatic heterocycles. The summed E-state index contributed by atoms with van der Waals surface area (Å²) in [7, 11) is 2.85. The standard InChI is InChI=1S/C16H14O6/c1-20-12-7-5-10(6-8-13(17)18)14(16(12)21-2)15(19)11-4-3-9-22-11/h3-9H,1-2H3,(H,17,18)/b8-6+. The van der Waals surface area contributed by atoms with E-state index >= 15 is 0 Å². The van der Waals surface area contributed by atoms with Gasteiger partial charge in [0, 0.05) is 6.08 Å². The number of ether oxygens (including phenoxy) is 2. The Bertz CT molecular complexity index is 712. The van der Waals surface area contributed by atoms with Crippen molar-refractivity contribution in [3.8, 4) is 11.5 Å². The van der Waals surface area contributed by atoms with Crippen LogP contribution in [-0.2, 0) is 4.79 Å². The summed E-state index contributed by atoms with van der Waals surface area (Å²) >= 11 is 0. The lowest BCUT2D eigenvalue weighted by Crippen LogP contribution is -2.07. The fourth-order valence-electron chi connectivity index (χ4n) is 2.01. The molecule has 114 valence electrons. The number of hydrogen-bond donors (Lipinski definition) is 1. The molecule has 0 fully saturated rings. The molecule has 6 nitrogen and oxygen atoms in total. The smallest absolute Gasteiger partial charge is 0.328 e. The molecule has 0 saturated carbocycles. The lowest BCUT2D eigenvalue weighted by atomic mass is 9.99. The molecule has 0 aliphatic heterocycles. The number of methoxy groups -OCH3 is 2. The number of rotatable bonds is 6. The Kier molecular flexibility index (Phi) is 4.63. The predicted octanol–water partition coefficient (Wildman–Crippen LogP) is 2.63. The van der Waals surface area contributed by atoms with E-state index in [1.54, 1.807) is 18.2 Å². The number of aliphatic carboxylic acids is 1. The van der Waals surface area contributed by atoms with Gasteiger partial charge in [-0.2, -0.15) is 0 Å². The lowest BCUT2D eigenvalue weighted by molar-refractivity contribution is -0.131. The Balaban J connectivity index is 2.64. The van der Waals surface area contributed by atoms with Gasteiger partial charge in [0.2, 0.25) is 5.78 Å². The minimum absolute atomic E-state index is 0.122. The van der Waals surface area contributed by atoms with Gasteiger partial charge in [-0.25, -0.2) is 4.79 Å². The number of furan rings is 1. The van der Waals surface area contributed by atoms with Crippen LogP contribution in [-0.4, -0.2) is 31.1 Å². The van der Waals surface area contributed by atoms with Crippen molar-refractivity contribution in [2.24, 2.45) is 0 Å². The van der Waals surface area contributed by atoms with E-state index in [-0.39, 0.29) is 17.1 Å². The van der Waals surface area contributed by atoms with Crippen LogP contribution in [0.1, 0.15) is 21.7 Å². The number of benzene rings is 1. The maximum absolute atomic E-state index is 12.6. The second-order valence-electron chi connectivity index (χ2n) is 4.24. The zero-order chi connectivity index (χ0) is 16.1. The molecule has 0 radical (unpaired) electrons. The molecule has 0 amide bonds. The molecular formula is C16H14O6. The van der Waals surface area contributed by atoms with Crippen LogP contribution in [0.4, 0.5) is 0 Å². The van der Waals surface area contributed by atoms with Gasteiger partial charge in [0.15, 0.2) is 17.3 Å². The second kappa shape index (κ2) is 6.62. The summed E-state index contributed by atoms with van der Waals surface area (Å²) in [5, 5.41) is 8.77. The van der Waals surface area contributed by atoms with Crippen molar-refractivity contribution in [1.29, 1.82) is 0 Å². The molecule has 22 heavy (non-hydrogen) atoms. The highest BCUT2D eigenvalue weighted by molar-refractivity contribution is 6.12. The summed E-state index contributed by atoms with van der Waals surface area (Å²) in [6.45, 7) is 0. The molecule has 0 unspecified atom stereocenters. The van der Waals surface area contributed by atoms with Gasteiger partial charge < -0.3 is 19.0 Å². The predicted molar refractivity (Wildman–Crippen MR) is 78.4 cm³/mol. The monoisotopic (exact) mass is 302 g/mol. The van der Waals surface area contributed by atoms with Crippen LogP contribution >= 0.6 is 0 Å². The van der Waals surface area contributed by atoms with E-state index in [0.29, 0.717) is 11.3 Å². The summed E-state index contributed by atoms with van der Waals surface area (Å²) in [5.74, 6) is -0.838. The molecule has 0 aliphatic rings. The third-order valence-electron chi connectivity index (χ3n) is 2.96. The largest absolute Gasteiger partial charge is 0.493 e. The van der Waals surface area contributed by atoms with Gasteiger partial charge in [-0.3, -0.25) is 4.79 Å². The highest BCUT2D eigenvalue weighted by Crippen LogP contribution is 2.35. The van der Waals surface area contributed by atoms with E-state index in [0.717, 1.165) is 6.08 Å². The maximum atomic E-state index is 12.6. The van der Waals surface area contributed by atoms with Crippen LogP contribution in [0.2, 0.25) is 0 Å². The topological polar surface area (TPSA) is 86.0 Å². The zero-order valence-corrected chi connectivity index (χ0v) is 12.0. The van der Waals surface area contributed by atoms with Gasteiger partial charge in [-0.1, -0.05) is 6.07 Å². The van der Waals surface area contributed by atoms with Gasteiger partial charge in [0.05, 0.1) is 26.0 Å². The summed E-state index contributed by atoms with van der Waals surface area (Å²) < 4.78 is 15.6. The number of carboxylic acid groups (broad SMARTS) is 1. The lowest BCUT2D eigenvalue weighted by Gasteiger charge is -2.13. The van der Waals surface area contributed by atoms with Gasteiger partial charge in [0.1, 0.15) is 0 Å². The number of carboxylic acids is 1. The van der Waals surface area contributed by atoms with E-state index in [9.17, 15) is 9.59 Å². The SMILES string of the molecule is COc1ccc(/C=C/C(=O)O)c(C(=O)c2ccco2)c1OC. The van der Waals surface area contributed by atoms with Crippen molar-refractivity contribution in [3.05, 3.63) is 53.5 Å². The maximum Gasteiger partial charge on any atom is 0.328 e. The second-order valence-corrected chi connectivity index (χ2v) is 4.24. The molecule has 1 aromatic carbocycles. The minimum Gasteiger partial charge on any atom is -0.493 e. The van der Waals surface area contributed by atoms with Crippen LogP contribution in [0, 0.1) is 0 Å². The first-order valence-electron chi connectivity index (χ1n) is 6.32. The molecule has 0 aliphatic carbocycles. The summed E-state index contributed by atoms with van der Waals surface area (Å²) in [4.78, 5) is 23.3. The summed E-state index contributed by atoms with van der Waals surface area (Å²) in [6, 6.07) is 6.29. The van der Waals surface area contributed by atoms with Gasteiger partial charge in [0.25, 0.3) is 0 Å². The van der Waals surface area contributed by atoms with Gasteiger partial charge in [-0.05, 0) is 29.8 Å². The average Bonchev–Trinajstić information content (AvgIpc) is 3.05. The van der Waals surface area contributed by atoms with Crippen molar-refractivity contribution < 1.29 is 28.6 Å². The van der Waals surface area contributed by atoms with Crippen LogP contribution in [0.3, 0.4) is 0 Å². The Morgan fingerprint density at radius 3 is 2.50 bits per heavy atom. The summed E-state index contributed by atoms with van der Waals surface area (Å²) in [6.07, 6.45) is 3.65. The van der Waals surface area contributed by atoms with E-state index in [2.05, 4.69) is 0 Å². The number of carbonyl (C=O) groups excluding carboxylic acids is 1. The Morgan fingerprint density at radius 1 is 1.18 bits per heavy atom. The van der Waals surface area contributed by atoms with Gasteiger partial charge >= 0.3 is 5.97 Å². The van der Waals surface area contributed by atoms with Gasteiger partial charge in [-0.15, -0.1) is 0 Å². The first kappa shape index (κ1) is 15.4. The van der Waals surface area contributed by atoms with Crippen molar-refractivity contribution in [3.63, 3.8) is 0 Å². The molecule has 0 atom stereocenters. The first-order valence-corrected chi connectivity index (χ1v) is 6.32. The number of ketones is 1. The Hall–Kier alpha value is -3.02. The van der Waals surface area contributed by atoms with Crippen molar-refractivity contribution in [1.82, 2.24) is 0 Å². The van der Waals surface area contributed by atoms with E-state index < -0.39 is 11.8 Å². The first-order chi connectivity index (χ1) is 10.6. The van der Waals surface area contributed by atoms with Crippen LogP contribution in [0.15, 0.2) is 41.0 Å². The Morgan fingerprint density at radius 2 is 1.95 bits per heavy atom. The normalized spacial score (nSPS) is 10.6. The van der Waals surface area contributed by atoms with E-state index in [1.807, 2.05) is 0 Å². The quantitative estimate of drug-likeness (QED) is 0.652. The fraction of sp³-hybridized carbons (Fsp3) is 0.125. The third-order valence-corrected chi connectivity index (χ3v) is 2.96. The minimum atomic E-state index is -1.12. The molecule has 0 saturated heterocycles. The molecule has 0 bridgehead atoms. The molecule has 1 N–H and O–H groups in total. The highest BCUT2D eigenvalue weighted by Gasteiger charge is 2.23. The van der Waals surface area contributed by atoms with Crippen molar-refractivity contribution >= 4 is 17.8 Å². The highest BCUT2D eigenvalue weighted by atomic mass is 16.5. The van der Waals surface area contributed by atoms with Crippen LogP contribution in [0.25, 0.3) is 6.08 Å². The van der Waals surface area contributed by atoms with E-state index in [1.165, 1.54) is 32.6 Å². The zero-order valence-electron chi connectivity index (χ0n) is 12.0. The average molecular weight is 302 g/mol. The van der Waals surface area contributed by atoms with E-state index in [4.69, 9.17) is 19.0 Å². The number of carbonyl (C=O) groups is 2. The molecule has 1 heterocycles. The third kappa shape index (κ3) is 3.01. The molecule has 0 spiro atoms. The molecule has 2 aromatic rings. The van der Waals surface area contributed by atoms with Crippen molar-refractivity contribution in [2.45, 2.75) is 0 Å². The van der Waals surface area contributed by atoms with Crippen LogP contribution in [0.5, 0.6) is 11.5 Å². The molecule has 6 heteroatoms. The number of hydrogen-bond acceptors (Lipinski definition) is 5.